The molecule has 1 atom stereocenters. The molecule has 1 aliphatic carbocycles. The van der Waals surface area contributed by atoms with E-state index < -0.39 is 17.6 Å². The lowest BCUT2D eigenvalue weighted by Crippen LogP contribution is -2.42. The van der Waals surface area contributed by atoms with E-state index in [1.165, 1.54) is 13.0 Å². The molecule has 1 unspecified atom stereocenters. The minimum absolute atomic E-state index is 0.0502. The molecule has 134 valence electrons. The van der Waals surface area contributed by atoms with Gasteiger partial charge in [-0.05, 0) is 50.3 Å². The van der Waals surface area contributed by atoms with Crippen molar-refractivity contribution in [1.82, 2.24) is 10.6 Å². The van der Waals surface area contributed by atoms with Gasteiger partial charge in [-0.15, -0.1) is 0 Å². The standard InChI is InChI=1S/C17H22F4N2O/c1-10(12-3-8-16(18)15(9-12)17(19,20)21)22-13-4-6-14(7-5-13)23-11(2)24/h3,8-10,13-14,22H,4-7H2,1-2H3,(H,23,24). The highest BCUT2D eigenvalue weighted by Crippen LogP contribution is 2.33. The third-order valence-electron chi connectivity index (χ3n) is 4.42. The van der Waals surface area contributed by atoms with Crippen LogP contribution in [0.5, 0.6) is 0 Å². The zero-order valence-corrected chi connectivity index (χ0v) is 13.7. The van der Waals surface area contributed by atoms with Crippen LogP contribution < -0.4 is 10.6 Å². The first-order valence-corrected chi connectivity index (χ1v) is 8.06. The van der Waals surface area contributed by atoms with Gasteiger partial charge in [0.15, 0.2) is 0 Å². The van der Waals surface area contributed by atoms with Crippen LogP contribution in [0.3, 0.4) is 0 Å². The molecule has 24 heavy (non-hydrogen) atoms. The van der Waals surface area contributed by atoms with Crippen molar-refractivity contribution in [3.8, 4) is 0 Å². The summed E-state index contributed by atoms with van der Waals surface area (Å²) in [5.74, 6) is -1.31. The molecule has 7 heteroatoms. The zero-order chi connectivity index (χ0) is 17.9. The molecule has 1 aromatic carbocycles. The smallest absolute Gasteiger partial charge is 0.354 e. The zero-order valence-electron chi connectivity index (χ0n) is 13.7. The van der Waals surface area contributed by atoms with Crippen LogP contribution in [0.25, 0.3) is 0 Å². The summed E-state index contributed by atoms with van der Waals surface area (Å²) in [6, 6.07) is 3.14. The summed E-state index contributed by atoms with van der Waals surface area (Å²) in [5.41, 5.74) is -0.823. The van der Waals surface area contributed by atoms with Crippen LogP contribution in [-0.4, -0.2) is 18.0 Å². The summed E-state index contributed by atoms with van der Waals surface area (Å²) >= 11 is 0. The summed E-state index contributed by atoms with van der Waals surface area (Å²) < 4.78 is 51.8. The molecule has 0 radical (unpaired) electrons. The second-order valence-corrected chi connectivity index (χ2v) is 6.37. The van der Waals surface area contributed by atoms with Gasteiger partial charge >= 0.3 is 6.18 Å². The molecule has 2 N–H and O–H groups in total. The van der Waals surface area contributed by atoms with E-state index in [0.717, 1.165) is 37.8 Å². The van der Waals surface area contributed by atoms with Crippen LogP contribution in [0.1, 0.15) is 56.7 Å². The molecule has 1 aromatic rings. The van der Waals surface area contributed by atoms with Gasteiger partial charge in [0, 0.05) is 25.0 Å². The van der Waals surface area contributed by atoms with Crippen molar-refractivity contribution < 1.29 is 22.4 Å². The molecule has 0 heterocycles. The number of carbonyl (C=O) groups is 1. The molecule has 3 nitrogen and oxygen atoms in total. The summed E-state index contributed by atoms with van der Waals surface area (Å²) in [6.07, 6.45) is -1.36. The Labute approximate surface area is 138 Å². The molecule has 1 fully saturated rings. The van der Waals surface area contributed by atoms with Gasteiger partial charge < -0.3 is 10.6 Å². The van der Waals surface area contributed by atoms with Crippen molar-refractivity contribution >= 4 is 5.91 Å². The van der Waals surface area contributed by atoms with E-state index in [-0.39, 0.29) is 24.0 Å². The highest BCUT2D eigenvalue weighted by Gasteiger charge is 2.34. The molecule has 0 aromatic heterocycles. The molecule has 1 saturated carbocycles. The molecule has 1 amide bonds. The molecule has 0 bridgehead atoms. The highest BCUT2D eigenvalue weighted by molar-refractivity contribution is 5.73. The third kappa shape index (κ3) is 4.93. The summed E-state index contributed by atoms with van der Waals surface area (Å²) in [4.78, 5) is 11.0. The monoisotopic (exact) mass is 346 g/mol. The third-order valence-corrected chi connectivity index (χ3v) is 4.42. The van der Waals surface area contributed by atoms with Gasteiger partial charge in [0.2, 0.25) is 5.91 Å². The fourth-order valence-electron chi connectivity index (χ4n) is 3.17. The first-order valence-electron chi connectivity index (χ1n) is 8.06. The predicted octanol–water partition coefficient (Wildman–Crippen LogP) is 3.94. The molecule has 0 saturated heterocycles. The van der Waals surface area contributed by atoms with Gasteiger partial charge in [-0.25, -0.2) is 4.39 Å². The summed E-state index contributed by atoms with van der Waals surface area (Å²) in [6.45, 7) is 3.26. The number of halogens is 4. The molecular weight excluding hydrogens is 324 g/mol. The van der Waals surface area contributed by atoms with E-state index in [1.54, 1.807) is 6.92 Å². The van der Waals surface area contributed by atoms with Crippen molar-refractivity contribution in [3.05, 3.63) is 35.1 Å². The van der Waals surface area contributed by atoms with Gasteiger partial charge in [0.25, 0.3) is 0 Å². The van der Waals surface area contributed by atoms with Crippen LogP contribution in [0, 0.1) is 5.82 Å². The second-order valence-electron chi connectivity index (χ2n) is 6.37. The average Bonchev–Trinajstić information content (AvgIpc) is 2.48. The Balaban J connectivity index is 1.96. The first kappa shape index (κ1) is 18.7. The highest BCUT2D eigenvalue weighted by atomic mass is 19.4. The topological polar surface area (TPSA) is 41.1 Å². The molecular formula is C17H22F4N2O. The van der Waals surface area contributed by atoms with Crippen molar-refractivity contribution in [2.45, 2.75) is 63.8 Å². The Kier molecular flexibility index (Phi) is 5.85. The molecule has 1 aliphatic rings. The van der Waals surface area contributed by atoms with Crippen molar-refractivity contribution in [3.63, 3.8) is 0 Å². The number of nitrogens with one attached hydrogen (secondary N) is 2. The Morgan fingerprint density at radius 2 is 1.75 bits per heavy atom. The average molecular weight is 346 g/mol. The number of benzene rings is 1. The number of hydrogen-bond acceptors (Lipinski definition) is 2. The lowest BCUT2D eigenvalue weighted by molar-refractivity contribution is -0.140. The van der Waals surface area contributed by atoms with Crippen molar-refractivity contribution in [2.24, 2.45) is 0 Å². The van der Waals surface area contributed by atoms with Crippen LogP contribution >= 0.6 is 0 Å². The fourth-order valence-corrected chi connectivity index (χ4v) is 3.17. The van der Waals surface area contributed by atoms with Gasteiger partial charge in [0.05, 0.1) is 5.56 Å². The number of carbonyl (C=O) groups excluding carboxylic acids is 1. The van der Waals surface area contributed by atoms with Crippen LogP contribution in [0.15, 0.2) is 18.2 Å². The normalized spacial score (nSPS) is 22.9. The number of alkyl halides is 3. The fraction of sp³-hybridized carbons (Fsp3) is 0.588. The van der Waals surface area contributed by atoms with E-state index in [1.807, 2.05) is 0 Å². The quantitative estimate of drug-likeness (QED) is 0.811. The van der Waals surface area contributed by atoms with Crippen molar-refractivity contribution in [1.29, 1.82) is 0 Å². The van der Waals surface area contributed by atoms with E-state index in [9.17, 15) is 22.4 Å². The minimum atomic E-state index is -4.70. The first-order chi connectivity index (χ1) is 11.2. The van der Waals surface area contributed by atoms with E-state index >= 15 is 0 Å². The number of rotatable bonds is 4. The van der Waals surface area contributed by atoms with Gasteiger partial charge in [-0.1, -0.05) is 6.07 Å². The molecule has 0 spiro atoms. The van der Waals surface area contributed by atoms with Gasteiger partial charge in [-0.2, -0.15) is 13.2 Å². The van der Waals surface area contributed by atoms with E-state index in [4.69, 9.17) is 0 Å². The minimum Gasteiger partial charge on any atom is -0.354 e. The Morgan fingerprint density at radius 3 is 2.29 bits per heavy atom. The van der Waals surface area contributed by atoms with Crippen LogP contribution in [-0.2, 0) is 11.0 Å². The van der Waals surface area contributed by atoms with Gasteiger partial charge in [0.1, 0.15) is 5.82 Å². The predicted molar refractivity (Wildman–Crippen MR) is 82.8 cm³/mol. The maximum absolute atomic E-state index is 13.4. The summed E-state index contributed by atoms with van der Waals surface area (Å²) in [5, 5.41) is 6.19. The van der Waals surface area contributed by atoms with Crippen molar-refractivity contribution in [2.75, 3.05) is 0 Å². The van der Waals surface area contributed by atoms with Crippen LogP contribution in [0.2, 0.25) is 0 Å². The maximum Gasteiger partial charge on any atom is 0.419 e. The lowest BCUT2D eigenvalue weighted by Gasteiger charge is -2.31. The van der Waals surface area contributed by atoms with E-state index in [2.05, 4.69) is 10.6 Å². The molecule has 0 aliphatic heterocycles. The Morgan fingerprint density at radius 1 is 1.17 bits per heavy atom. The molecule has 2 rings (SSSR count). The van der Waals surface area contributed by atoms with E-state index in [0.29, 0.717) is 5.56 Å². The Hall–Kier alpha value is -1.63. The van der Waals surface area contributed by atoms with Gasteiger partial charge in [-0.3, -0.25) is 4.79 Å². The maximum atomic E-state index is 13.4. The SMILES string of the molecule is CC(=O)NC1CCC(NC(C)c2ccc(F)c(C(F)(F)F)c2)CC1. The number of hydrogen-bond donors (Lipinski definition) is 2. The van der Waals surface area contributed by atoms with Crippen LogP contribution in [0.4, 0.5) is 17.6 Å². The lowest BCUT2D eigenvalue weighted by atomic mass is 9.90. The largest absolute Gasteiger partial charge is 0.419 e. The Bertz CT molecular complexity index is 580. The summed E-state index contributed by atoms with van der Waals surface area (Å²) in [7, 11) is 0. The number of amides is 1. The second kappa shape index (κ2) is 7.51.